The van der Waals surface area contributed by atoms with Gasteiger partial charge in [-0.05, 0) is 30.7 Å². The number of carboxylic acid groups (broad SMARTS) is 1. The largest absolute Gasteiger partial charge is 0.482 e. The second kappa shape index (κ2) is 4.41. The molecule has 0 amide bonds. The Morgan fingerprint density at radius 3 is 2.79 bits per heavy atom. The van der Waals surface area contributed by atoms with E-state index in [2.05, 4.69) is 0 Å². The zero-order chi connectivity index (χ0) is 10.6. The Bertz CT molecular complexity index is 357. The van der Waals surface area contributed by atoms with E-state index >= 15 is 0 Å². The van der Waals surface area contributed by atoms with E-state index in [1.54, 1.807) is 19.1 Å². The van der Waals surface area contributed by atoms with Crippen LogP contribution in [0.4, 0.5) is 0 Å². The molecule has 0 unspecified atom stereocenters. The van der Waals surface area contributed by atoms with Gasteiger partial charge in [-0.25, -0.2) is 4.79 Å². The molecule has 0 atom stereocenters. The summed E-state index contributed by atoms with van der Waals surface area (Å²) in [6.45, 7) is 1.41. The van der Waals surface area contributed by atoms with E-state index in [0.717, 1.165) is 5.56 Å². The van der Waals surface area contributed by atoms with Crippen molar-refractivity contribution in [3.05, 3.63) is 29.3 Å². The number of aliphatic carboxylic acids is 1. The maximum atomic E-state index is 10.5. The summed E-state index contributed by atoms with van der Waals surface area (Å²) in [4.78, 5) is 20.7. The Morgan fingerprint density at radius 2 is 2.21 bits per heavy atom. The number of hydrogen-bond acceptors (Lipinski definition) is 3. The molecule has 1 aromatic rings. The summed E-state index contributed by atoms with van der Waals surface area (Å²) in [5, 5.41) is 8.38. The summed E-state index contributed by atoms with van der Waals surface area (Å²) in [5.74, 6) is -0.645. The molecule has 0 aliphatic heterocycles. The molecule has 4 nitrogen and oxygen atoms in total. The third-order valence-electron chi connectivity index (χ3n) is 1.57. The van der Waals surface area contributed by atoms with Crippen LogP contribution in [0.25, 0.3) is 0 Å². The number of carbonyl (C=O) groups is 2. The van der Waals surface area contributed by atoms with Gasteiger partial charge in [0.1, 0.15) is 12.0 Å². The summed E-state index contributed by atoms with van der Waals surface area (Å²) < 4.78 is 4.93. The highest BCUT2D eigenvalue weighted by Crippen LogP contribution is 2.15. The van der Waals surface area contributed by atoms with Crippen molar-refractivity contribution in [3.63, 3.8) is 0 Å². The summed E-state index contributed by atoms with van der Waals surface area (Å²) >= 11 is 0. The van der Waals surface area contributed by atoms with E-state index in [0.29, 0.717) is 17.6 Å². The van der Waals surface area contributed by atoms with Gasteiger partial charge in [-0.3, -0.25) is 4.79 Å². The summed E-state index contributed by atoms with van der Waals surface area (Å²) in [6.07, 6.45) is 0.695. The normalized spacial score (nSPS) is 9.50. The zero-order valence-corrected chi connectivity index (χ0v) is 7.69. The number of hydrogen-bond donors (Lipinski definition) is 1. The summed E-state index contributed by atoms with van der Waals surface area (Å²) in [7, 11) is 0. The smallest absolute Gasteiger partial charge is 0.341 e. The van der Waals surface area contributed by atoms with Crippen molar-refractivity contribution in [1.82, 2.24) is 0 Å². The predicted octanol–water partition coefficient (Wildman–Crippen LogP) is 1.27. The highest BCUT2D eigenvalue weighted by atomic mass is 16.5. The molecule has 0 saturated carbocycles. The third kappa shape index (κ3) is 2.90. The Morgan fingerprint density at radius 1 is 1.50 bits per heavy atom. The lowest BCUT2D eigenvalue weighted by Crippen LogP contribution is -2.09. The molecule has 4 heteroatoms. The minimum atomic E-state index is -1.04. The molecule has 14 heavy (non-hydrogen) atoms. The molecular weight excluding hydrogens is 184 g/mol. The first-order chi connectivity index (χ1) is 6.61. The molecule has 0 fully saturated rings. The van der Waals surface area contributed by atoms with Gasteiger partial charge in [0.25, 0.3) is 0 Å². The van der Waals surface area contributed by atoms with Crippen molar-refractivity contribution >= 4 is 12.3 Å². The molecule has 0 spiro atoms. The molecule has 1 N–H and O–H groups in total. The number of carbonyl (C=O) groups excluding carboxylic acids is 1. The first-order valence-corrected chi connectivity index (χ1v) is 4.03. The molecular formula is C10H10O4. The summed E-state index contributed by atoms with van der Waals surface area (Å²) in [6, 6.07) is 4.87. The lowest BCUT2D eigenvalue weighted by molar-refractivity contribution is -0.139. The van der Waals surface area contributed by atoms with Crippen molar-refractivity contribution in [2.45, 2.75) is 6.92 Å². The fraction of sp³-hybridized carbons (Fsp3) is 0.200. The van der Waals surface area contributed by atoms with Gasteiger partial charge < -0.3 is 9.84 Å². The standard InChI is InChI=1S/C10H10O4/c1-7-2-8(5-11)4-9(3-7)14-6-10(12)13/h2-5H,6H2,1H3,(H,12,13). The quantitative estimate of drug-likeness (QED) is 0.733. The van der Waals surface area contributed by atoms with Crippen molar-refractivity contribution in [3.8, 4) is 5.75 Å². The number of carboxylic acids is 1. The Labute approximate surface area is 81.1 Å². The molecule has 0 aromatic heterocycles. The molecule has 0 radical (unpaired) electrons. The molecule has 0 aliphatic rings. The van der Waals surface area contributed by atoms with Crippen LogP contribution in [0.5, 0.6) is 5.75 Å². The maximum absolute atomic E-state index is 10.5. The number of aldehydes is 1. The minimum absolute atomic E-state index is 0.398. The lowest BCUT2D eigenvalue weighted by Gasteiger charge is -2.04. The molecule has 1 aromatic carbocycles. The van der Waals surface area contributed by atoms with Crippen LogP contribution in [-0.2, 0) is 4.79 Å². The van der Waals surface area contributed by atoms with Gasteiger partial charge in [0.05, 0.1) is 0 Å². The van der Waals surface area contributed by atoms with Gasteiger partial charge in [0.15, 0.2) is 6.61 Å². The van der Waals surface area contributed by atoms with Gasteiger partial charge in [-0.2, -0.15) is 0 Å². The molecule has 0 saturated heterocycles. The topological polar surface area (TPSA) is 63.6 Å². The van der Waals surface area contributed by atoms with E-state index in [4.69, 9.17) is 9.84 Å². The van der Waals surface area contributed by atoms with Crippen molar-refractivity contribution in [2.75, 3.05) is 6.61 Å². The molecule has 0 heterocycles. The molecule has 1 rings (SSSR count). The van der Waals surface area contributed by atoms with E-state index < -0.39 is 12.6 Å². The fourth-order valence-electron chi connectivity index (χ4n) is 1.07. The van der Waals surface area contributed by atoms with Crippen molar-refractivity contribution in [2.24, 2.45) is 0 Å². The predicted molar refractivity (Wildman–Crippen MR) is 49.7 cm³/mol. The first-order valence-electron chi connectivity index (χ1n) is 4.03. The second-order valence-corrected chi connectivity index (χ2v) is 2.88. The van der Waals surface area contributed by atoms with Crippen molar-refractivity contribution < 1.29 is 19.4 Å². The molecule has 0 bridgehead atoms. The van der Waals surface area contributed by atoms with E-state index in [-0.39, 0.29) is 0 Å². The van der Waals surface area contributed by atoms with Crippen LogP contribution in [-0.4, -0.2) is 24.0 Å². The highest BCUT2D eigenvalue weighted by molar-refractivity contribution is 5.76. The van der Waals surface area contributed by atoms with Crippen LogP contribution in [0, 0.1) is 6.92 Å². The summed E-state index contributed by atoms with van der Waals surface area (Å²) in [5.41, 5.74) is 1.33. The Balaban J connectivity index is 2.81. The van der Waals surface area contributed by atoms with E-state index in [1.807, 2.05) is 0 Å². The zero-order valence-electron chi connectivity index (χ0n) is 7.69. The van der Waals surface area contributed by atoms with Gasteiger partial charge in [0, 0.05) is 5.56 Å². The molecule has 0 aliphatic carbocycles. The average molecular weight is 194 g/mol. The Hall–Kier alpha value is -1.84. The second-order valence-electron chi connectivity index (χ2n) is 2.88. The van der Waals surface area contributed by atoms with Crippen LogP contribution in [0.1, 0.15) is 15.9 Å². The monoisotopic (exact) mass is 194 g/mol. The highest BCUT2D eigenvalue weighted by Gasteiger charge is 2.01. The average Bonchev–Trinajstić information content (AvgIpc) is 2.14. The maximum Gasteiger partial charge on any atom is 0.341 e. The molecule has 74 valence electrons. The lowest BCUT2D eigenvalue weighted by atomic mass is 10.1. The minimum Gasteiger partial charge on any atom is -0.482 e. The van der Waals surface area contributed by atoms with E-state index in [9.17, 15) is 9.59 Å². The van der Waals surface area contributed by atoms with Crippen LogP contribution < -0.4 is 4.74 Å². The third-order valence-corrected chi connectivity index (χ3v) is 1.57. The van der Waals surface area contributed by atoms with Gasteiger partial charge >= 0.3 is 5.97 Å². The van der Waals surface area contributed by atoms with Crippen LogP contribution in [0.3, 0.4) is 0 Å². The fourth-order valence-corrected chi connectivity index (χ4v) is 1.07. The number of aryl methyl sites for hydroxylation is 1. The Kier molecular flexibility index (Phi) is 3.23. The SMILES string of the molecule is Cc1cc(C=O)cc(OCC(=O)O)c1. The van der Waals surface area contributed by atoms with Gasteiger partial charge in [0.2, 0.25) is 0 Å². The first kappa shape index (κ1) is 10.2. The number of ether oxygens (including phenoxy) is 1. The number of benzene rings is 1. The van der Waals surface area contributed by atoms with Crippen LogP contribution in [0.2, 0.25) is 0 Å². The van der Waals surface area contributed by atoms with Crippen LogP contribution in [0.15, 0.2) is 18.2 Å². The van der Waals surface area contributed by atoms with E-state index in [1.165, 1.54) is 6.07 Å². The van der Waals surface area contributed by atoms with Gasteiger partial charge in [-0.1, -0.05) is 0 Å². The number of rotatable bonds is 4. The van der Waals surface area contributed by atoms with Crippen molar-refractivity contribution in [1.29, 1.82) is 0 Å². The van der Waals surface area contributed by atoms with Crippen LogP contribution >= 0.6 is 0 Å². The van der Waals surface area contributed by atoms with Gasteiger partial charge in [-0.15, -0.1) is 0 Å².